The predicted molar refractivity (Wildman–Crippen MR) is 105 cm³/mol. The lowest BCUT2D eigenvalue weighted by Crippen LogP contribution is -2.42. The topological polar surface area (TPSA) is 59.1 Å². The molecule has 1 aromatic carbocycles. The van der Waals surface area contributed by atoms with Gasteiger partial charge in [0.1, 0.15) is 10.1 Å². The van der Waals surface area contributed by atoms with E-state index in [1.165, 1.54) is 16.7 Å². The highest BCUT2D eigenvalue weighted by molar-refractivity contribution is 8.26. The van der Waals surface area contributed by atoms with E-state index in [-0.39, 0.29) is 18.2 Å². The molecular weight excluding hydrogens is 372 g/mol. The van der Waals surface area contributed by atoms with Crippen molar-refractivity contribution in [2.45, 2.75) is 6.42 Å². The van der Waals surface area contributed by atoms with E-state index in [2.05, 4.69) is 0 Å². The van der Waals surface area contributed by atoms with Gasteiger partial charge in [0.2, 0.25) is 5.91 Å². The number of nitrogens with zero attached hydrogens (tertiary/aromatic N) is 2. The van der Waals surface area contributed by atoms with Crippen LogP contribution in [-0.2, 0) is 14.3 Å². The number of carbonyl (C=O) groups is 2. The van der Waals surface area contributed by atoms with E-state index in [0.29, 0.717) is 47.8 Å². The fraction of sp³-hybridized carbons (Fsp3) is 0.389. The molecule has 0 atom stereocenters. The molecule has 26 heavy (non-hydrogen) atoms. The maximum Gasteiger partial charge on any atom is 0.266 e. The number of hydrogen-bond acceptors (Lipinski definition) is 6. The molecule has 2 heterocycles. The molecule has 0 saturated carbocycles. The second-order valence-electron chi connectivity index (χ2n) is 5.82. The van der Waals surface area contributed by atoms with Gasteiger partial charge in [0.25, 0.3) is 5.91 Å². The zero-order chi connectivity index (χ0) is 18.5. The van der Waals surface area contributed by atoms with Gasteiger partial charge in [0.15, 0.2) is 0 Å². The van der Waals surface area contributed by atoms with E-state index < -0.39 is 0 Å². The molecule has 2 saturated heterocycles. The molecule has 0 unspecified atom stereocenters. The van der Waals surface area contributed by atoms with Crippen LogP contribution in [0.2, 0.25) is 0 Å². The molecule has 2 aliphatic heterocycles. The van der Waals surface area contributed by atoms with E-state index in [4.69, 9.17) is 21.7 Å². The Labute approximate surface area is 162 Å². The Morgan fingerprint density at radius 3 is 2.81 bits per heavy atom. The minimum Gasteiger partial charge on any atom is -0.496 e. The normalized spacial score (nSPS) is 19.3. The van der Waals surface area contributed by atoms with Crippen molar-refractivity contribution in [1.82, 2.24) is 9.80 Å². The summed E-state index contributed by atoms with van der Waals surface area (Å²) in [6, 6.07) is 7.48. The third-order valence-electron chi connectivity index (χ3n) is 4.21. The lowest BCUT2D eigenvalue weighted by Gasteiger charge is -2.27. The molecule has 0 aromatic heterocycles. The van der Waals surface area contributed by atoms with Gasteiger partial charge in [-0.15, -0.1) is 0 Å². The van der Waals surface area contributed by atoms with Crippen LogP contribution in [0.4, 0.5) is 0 Å². The first kappa shape index (κ1) is 18.9. The van der Waals surface area contributed by atoms with Gasteiger partial charge >= 0.3 is 0 Å². The molecule has 0 aliphatic carbocycles. The molecule has 1 aromatic rings. The number of ether oxygens (including phenoxy) is 2. The second-order valence-corrected chi connectivity index (χ2v) is 7.49. The smallest absolute Gasteiger partial charge is 0.266 e. The molecule has 138 valence electrons. The van der Waals surface area contributed by atoms with Crippen molar-refractivity contribution in [2.24, 2.45) is 0 Å². The van der Waals surface area contributed by atoms with E-state index in [1.54, 1.807) is 18.1 Å². The number of amides is 2. The zero-order valence-electron chi connectivity index (χ0n) is 14.5. The van der Waals surface area contributed by atoms with Gasteiger partial charge in [-0.1, -0.05) is 42.2 Å². The Balaban J connectivity index is 1.65. The van der Waals surface area contributed by atoms with Crippen LogP contribution in [0.25, 0.3) is 6.08 Å². The van der Waals surface area contributed by atoms with Gasteiger partial charge in [-0.05, 0) is 12.1 Å². The molecular formula is C18H20N2O4S2. The quantitative estimate of drug-likeness (QED) is 0.565. The maximum atomic E-state index is 12.7. The SMILES string of the molecule is COc1ccccc1/C=C1/SC(=S)N(CCC(=O)N2CCOCC2)C1=O. The minimum absolute atomic E-state index is 0.0241. The van der Waals surface area contributed by atoms with Crippen LogP contribution in [0.5, 0.6) is 5.75 Å². The van der Waals surface area contributed by atoms with Gasteiger partial charge < -0.3 is 14.4 Å². The number of thioether (sulfide) groups is 1. The molecule has 8 heteroatoms. The molecule has 2 amide bonds. The minimum atomic E-state index is -0.166. The summed E-state index contributed by atoms with van der Waals surface area (Å²) in [5.41, 5.74) is 0.819. The standard InChI is InChI=1S/C18H20N2O4S2/c1-23-14-5-3-2-4-13(14)12-15-17(22)20(18(25)26-15)7-6-16(21)19-8-10-24-11-9-19/h2-5,12H,6-11H2,1H3/b15-12+. The van der Waals surface area contributed by atoms with Crippen molar-refractivity contribution in [3.8, 4) is 5.75 Å². The van der Waals surface area contributed by atoms with Crippen LogP contribution in [0.3, 0.4) is 0 Å². The van der Waals surface area contributed by atoms with Crippen molar-refractivity contribution in [1.29, 1.82) is 0 Å². The molecule has 0 radical (unpaired) electrons. The van der Waals surface area contributed by atoms with Gasteiger partial charge in [-0.3, -0.25) is 14.5 Å². The van der Waals surface area contributed by atoms with Gasteiger partial charge in [0.05, 0.1) is 25.2 Å². The van der Waals surface area contributed by atoms with Crippen molar-refractivity contribution in [3.63, 3.8) is 0 Å². The largest absolute Gasteiger partial charge is 0.496 e. The average Bonchev–Trinajstić information content (AvgIpc) is 2.94. The van der Waals surface area contributed by atoms with E-state index >= 15 is 0 Å². The number of methoxy groups -OCH3 is 1. The summed E-state index contributed by atoms with van der Waals surface area (Å²) in [7, 11) is 1.59. The van der Waals surface area contributed by atoms with Gasteiger partial charge in [-0.2, -0.15) is 0 Å². The van der Waals surface area contributed by atoms with Crippen LogP contribution in [0.15, 0.2) is 29.2 Å². The van der Waals surface area contributed by atoms with E-state index in [1.807, 2.05) is 24.3 Å². The lowest BCUT2D eigenvalue weighted by molar-refractivity contribution is -0.135. The Hall–Kier alpha value is -1.90. The Kier molecular flexibility index (Phi) is 6.29. The molecule has 2 fully saturated rings. The highest BCUT2D eigenvalue weighted by atomic mass is 32.2. The number of thiocarbonyl (C=S) groups is 1. The van der Waals surface area contributed by atoms with Crippen molar-refractivity contribution >= 4 is 46.2 Å². The molecule has 2 aliphatic rings. The third-order valence-corrected chi connectivity index (χ3v) is 5.59. The number of hydrogen-bond donors (Lipinski definition) is 0. The first-order valence-electron chi connectivity index (χ1n) is 8.34. The van der Waals surface area contributed by atoms with Crippen molar-refractivity contribution in [2.75, 3.05) is 40.0 Å². The summed E-state index contributed by atoms with van der Waals surface area (Å²) in [5.74, 6) is 0.553. The first-order chi connectivity index (χ1) is 12.6. The third kappa shape index (κ3) is 4.25. The highest BCUT2D eigenvalue weighted by Crippen LogP contribution is 2.34. The number of morpholine rings is 1. The van der Waals surface area contributed by atoms with Crippen LogP contribution >= 0.6 is 24.0 Å². The second kappa shape index (κ2) is 8.66. The molecule has 3 rings (SSSR count). The van der Waals surface area contributed by atoms with Crippen LogP contribution < -0.4 is 4.74 Å². The summed E-state index contributed by atoms with van der Waals surface area (Å²) in [6.45, 7) is 2.63. The van der Waals surface area contributed by atoms with Crippen molar-refractivity contribution in [3.05, 3.63) is 34.7 Å². The zero-order valence-corrected chi connectivity index (χ0v) is 16.1. The molecule has 0 spiro atoms. The monoisotopic (exact) mass is 392 g/mol. The molecule has 0 N–H and O–H groups in total. The summed E-state index contributed by atoms with van der Waals surface area (Å²) < 4.78 is 11.0. The Bertz CT molecular complexity index is 744. The number of para-hydroxylation sites is 1. The number of carbonyl (C=O) groups excluding carboxylic acids is 2. The Morgan fingerprint density at radius 2 is 2.08 bits per heavy atom. The maximum absolute atomic E-state index is 12.7. The predicted octanol–water partition coefficient (Wildman–Crippen LogP) is 2.15. The number of benzene rings is 1. The summed E-state index contributed by atoms with van der Waals surface area (Å²) in [4.78, 5) is 28.8. The van der Waals surface area contributed by atoms with Crippen LogP contribution in [0.1, 0.15) is 12.0 Å². The van der Waals surface area contributed by atoms with Crippen LogP contribution in [-0.4, -0.2) is 65.9 Å². The van der Waals surface area contributed by atoms with Crippen LogP contribution in [0, 0.1) is 0 Å². The molecule has 0 bridgehead atoms. The fourth-order valence-corrected chi connectivity index (χ4v) is 4.10. The fourth-order valence-electron chi connectivity index (χ4n) is 2.80. The summed E-state index contributed by atoms with van der Waals surface area (Å²) >= 11 is 6.58. The number of rotatable bonds is 5. The van der Waals surface area contributed by atoms with Crippen molar-refractivity contribution < 1.29 is 19.1 Å². The first-order valence-corrected chi connectivity index (χ1v) is 9.56. The van der Waals surface area contributed by atoms with Gasteiger partial charge in [-0.25, -0.2) is 0 Å². The van der Waals surface area contributed by atoms with Gasteiger partial charge in [0, 0.05) is 31.6 Å². The highest BCUT2D eigenvalue weighted by Gasteiger charge is 2.32. The molecule has 6 nitrogen and oxygen atoms in total. The summed E-state index contributed by atoms with van der Waals surface area (Å²) in [6.07, 6.45) is 2.04. The summed E-state index contributed by atoms with van der Waals surface area (Å²) in [5, 5.41) is 0. The van der Waals surface area contributed by atoms with E-state index in [9.17, 15) is 9.59 Å². The lowest BCUT2D eigenvalue weighted by atomic mass is 10.2. The Morgan fingerprint density at radius 1 is 1.35 bits per heavy atom. The average molecular weight is 393 g/mol. The van der Waals surface area contributed by atoms with E-state index in [0.717, 1.165) is 5.56 Å².